The predicted molar refractivity (Wildman–Crippen MR) is 105 cm³/mol. The number of hydroxylamine groups is 2. The summed E-state index contributed by atoms with van der Waals surface area (Å²) in [5.41, 5.74) is 1.00. The number of thioether (sulfide) groups is 1. The first-order valence-corrected chi connectivity index (χ1v) is 8.47. The van der Waals surface area contributed by atoms with Crippen LogP contribution in [0.3, 0.4) is 0 Å². The Balaban J connectivity index is 0.00000210. The second-order valence-electron chi connectivity index (χ2n) is 5.44. The van der Waals surface area contributed by atoms with Gasteiger partial charge in [-0.1, -0.05) is 30.0 Å². The maximum atomic E-state index is 11.5. The Labute approximate surface area is 201 Å². The number of nitro groups is 1. The SMILES string of the molecule is O=[N+]([O-])c1cc(C2=NC3=CN=CN(O)C3S2)ccc1Oc1ccccc1.[KH]. The van der Waals surface area contributed by atoms with Crippen molar-refractivity contribution in [2.75, 3.05) is 0 Å². The molecule has 1 atom stereocenters. The molecule has 1 N–H and O–H groups in total. The van der Waals surface area contributed by atoms with Crippen LogP contribution in [-0.4, -0.2) is 83.3 Å². The topological polar surface area (TPSA) is 101 Å². The third-order valence-corrected chi connectivity index (χ3v) is 4.94. The minimum absolute atomic E-state index is 0. The molecule has 0 bridgehead atoms. The summed E-state index contributed by atoms with van der Waals surface area (Å²) < 4.78 is 5.63. The molecule has 0 aromatic heterocycles. The molecular formula is C17H13KN4O4S. The molecule has 2 aliphatic heterocycles. The van der Waals surface area contributed by atoms with Crippen LogP contribution in [-0.2, 0) is 0 Å². The van der Waals surface area contributed by atoms with E-state index < -0.39 is 10.3 Å². The molecule has 2 aromatic rings. The fourth-order valence-electron chi connectivity index (χ4n) is 2.51. The van der Waals surface area contributed by atoms with Gasteiger partial charge in [0.1, 0.15) is 17.1 Å². The zero-order chi connectivity index (χ0) is 18.1. The summed E-state index contributed by atoms with van der Waals surface area (Å²) in [6.07, 6.45) is 2.84. The molecule has 0 radical (unpaired) electrons. The van der Waals surface area contributed by atoms with Gasteiger partial charge in [-0.25, -0.2) is 15.0 Å². The third kappa shape index (κ3) is 4.32. The number of benzene rings is 2. The Hall–Kier alpha value is -1.53. The Morgan fingerprint density at radius 2 is 2.00 bits per heavy atom. The van der Waals surface area contributed by atoms with E-state index in [1.807, 2.05) is 6.07 Å². The molecule has 8 nitrogen and oxygen atoms in total. The Kier molecular flexibility index (Phi) is 6.47. The van der Waals surface area contributed by atoms with Crippen LogP contribution in [0.4, 0.5) is 5.69 Å². The van der Waals surface area contributed by atoms with Crippen molar-refractivity contribution in [3.05, 3.63) is 76.1 Å². The van der Waals surface area contributed by atoms with Gasteiger partial charge in [-0.3, -0.25) is 15.3 Å². The molecule has 4 rings (SSSR count). The van der Waals surface area contributed by atoms with E-state index >= 15 is 0 Å². The molecule has 10 heteroatoms. The van der Waals surface area contributed by atoms with Crippen molar-refractivity contribution in [2.45, 2.75) is 5.37 Å². The number of hydrogen-bond donors (Lipinski definition) is 1. The van der Waals surface area contributed by atoms with Crippen LogP contribution in [0.1, 0.15) is 5.56 Å². The molecular weight excluding hydrogens is 395 g/mol. The first kappa shape index (κ1) is 20.2. The summed E-state index contributed by atoms with van der Waals surface area (Å²) in [7, 11) is 0. The monoisotopic (exact) mass is 408 g/mol. The number of rotatable bonds is 4. The zero-order valence-electron chi connectivity index (χ0n) is 13.2. The van der Waals surface area contributed by atoms with E-state index in [2.05, 4.69) is 9.98 Å². The van der Waals surface area contributed by atoms with Crippen LogP contribution >= 0.6 is 11.8 Å². The fourth-order valence-corrected chi connectivity index (χ4v) is 3.54. The number of hydrogen-bond acceptors (Lipinski definition) is 8. The second kappa shape index (κ2) is 8.65. The maximum absolute atomic E-state index is 11.5. The number of fused-ring (bicyclic) bond motifs is 1. The quantitative estimate of drug-likeness (QED) is 0.474. The fraction of sp³-hybridized carbons (Fsp3) is 0.0588. The number of nitrogens with zero attached hydrogens (tertiary/aromatic N) is 4. The number of para-hydroxylation sites is 1. The number of nitro benzene ring substituents is 1. The predicted octanol–water partition coefficient (Wildman–Crippen LogP) is 3.13. The van der Waals surface area contributed by atoms with E-state index in [0.717, 1.165) is 5.06 Å². The van der Waals surface area contributed by atoms with Crippen LogP contribution in [0, 0.1) is 10.1 Å². The van der Waals surface area contributed by atoms with Crippen LogP contribution in [0.25, 0.3) is 0 Å². The molecule has 2 aromatic carbocycles. The van der Waals surface area contributed by atoms with Crippen LogP contribution in [0.2, 0.25) is 0 Å². The van der Waals surface area contributed by atoms with Crippen LogP contribution in [0.15, 0.2) is 70.4 Å². The summed E-state index contributed by atoms with van der Waals surface area (Å²) in [4.78, 5) is 19.3. The molecule has 0 fully saturated rings. The van der Waals surface area contributed by atoms with Crippen LogP contribution < -0.4 is 4.74 Å². The van der Waals surface area contributed by atoms with Gasteiger partial charge in [0.2, 0.25) is 5.75 Å². The van der Waals surface area contributed by atoms with E-state index in [-0.39, 0.29) is 62.8 Å². The van der Waals surface area contributed by atoms with Gasteiger partial charge in [0.15, 0.2) is 5.37 Å². The molecule has 0 amide bonds. The molecule has 0 spiro atoms. The minimum atomic E-state index is -0.490. The Bertz CT molecular complexity index is 965. The molecule has 2 heterocycles. The van der Waals surface area contributed by atoms with Crippen LogP contribution in [0.5, 0.6) is 11.5 Å². The van der Waals surface area contributed by atoms with Crippen molar-refractivity contribution >= 4 is 80.2 Å². The van der Waals surface area contributed by atoms with Crippen molar-refractivity contribution in [1.82, 2.24) is 5.06 Å². The summed E-state index contributed by atoms with van der Waals surface area (Å²) >= 11 is 1.29. The Morgan fingerprint density at radius 1 is 1.22 bits per heavy atom. The average Bonchev–Trinajstić information content (AvgIpc) is 3.08. The molecule has 0 saturated heterocycles. The van der Waals surface area contributed by atoms with E-state index in [1.54, 1.807) is 42.6 Å². The second-order valence-corrected chi connectivity index (χ2v) is 6.51. The third-order valence-electron chi connectivity index (χ3n) is 3.71. The van der Waals surface area contributed by atoms with Crippen molar-refractivity contribution in [1.29, 1.82) is 0 Å². The molecule has 0 aliphatic carbocycles. The normalized spacial score (nSPS) is 17.5. The molecule has 27 heavy (non-hydrogen) atoms. The van der Waals surface area contributed by atoms with Gasteiger partial charge in [0.05, 0.1) is 16.8 Å². The van der Waals surface area contributed by atoms with Crippen molar-refractivity contribution in [2.24, 2.45) is 9.98 Å². The van der Waals surface area contributed by atoms with E-state index in [1.165, 1.54) is 24.2 Å². The van der Waals surface area contributed by atoms with Gasteiger partial charge < -0.3 is 4.74 Å². The number of aliphatic imine (C=N–C) groups is 2. The van der Waals surface area contributed by atoms with Crippen molar-refractivity contribution in [3.63, 3.8) is 0 Å². The van der Waals surface area contributed by atoms with Gasteiger partial charge in [0, 0.05) is 11.6 Å². The van der Waals surface area contributed by atoms with Gasteiger partial charge in [0.25, 0.3) is 0 Å². The first-order valence-electron chi connectivity index (χ1n) is 7.59. The standard InChI is InChI=1S/C17H12N4O4S.K.H/c22-20-10-18-9-13-17(20)26-16(19-13)11-6-7-15(14(8-11)21(23)24)25-12-4-2-1-3-5-12;;/h1-10,17,22H;;. The van der Waals surface area contributed by atoms with E-state index in [9.17, 15) is 15.3 Å². The zero-order valence-corrected chi connectivity index (χ0v) is 14.0. The van der Waals surface area contributed by atoms with Gasteiger partial charge >= 0.3 is 57.1 Å². The summed E-state index contributed by atoms with van der Waals surface area (Å²) in [5.74, 6) is 0.664. The van der Waals surface area contributed by atoms with E-state index in [4.69, 9.17) is 4.74 Å². The summed E-state index contributed by atoms with van der Waals surface area (Å²) in [6.45, 7) is 0. The van der Waals surface area contributed by atoms with Gasteiger partial charge in [-0.2, -0.15) is 0 Å². The number of ether oxygens (including phenoxy) is 1. The van der Waals surface area contributed by atoms with Gasteiger partial charge in [-0.15, -0.1) is 0 Å². The van der Waals surface area contributed by atoms with E-state index in [0.29, 0.717) is 22.1 Å². The molecule has 2 aliphatic rings. The van der Waals surface area contributed by atoms with Gasteiger partial charge in [-0.05, 0) is 24.3 Å². The summed E-state index contributed by atoms with van der Waals surface area (Å²) in [6, 6.07) is 13.5. The molecule has 0 saturated carbocycles. The molecule has 132 valence electrons. The average molecular weight is 408 g/mol. The Morgan fingerprint density at radius 3 is 2.70 bits per heavy atom. The van der Waals surface area contributed by atoms with Crippen molar-refractivity contribution < 1.29 is 14.9 Å². The summed E-state index contributed by atoms with van der Waals surface area (Å²) in [5, 5.41) is 22.4. The van der Waals surface area contributed by atoms with Crippen molar-refractivity contribution in [3.8, 4) is 11.5 Å². The molecule has 1 unspecified atom stereocenters. The first-order chi connectivity index (χ1) is 12.6.